The van der Waals surface area contributed by atoms with Crippen molar-refractivity contribution in [2.45, 2.75) is 44.8 Å². The van der Waals surface area contributed by atoms with Gasteiger partial charge in [0.2, 0.25) is 0 Å². The van der Waals surface area contributed by atoms with Crippen LogP contribution in [0.2, 0.25) is 0 Å². The van der Waals surface area contributed by atoms with Gasteiger partial charge in [-0.3, -0.25) is 0 Å². The highest BCUT2D eigenvalue weighted by molar-refractivity contribution is 4.69. The third kappa shape index (κ3) is 6.28. The standard InChI is InChI=1S/C6H12O2.C2H6O/c7-6(8)4-2-1-3-5-6;1-2-3/h7-8H,1-5H2;3H,2H2,1H3. The van der Waals surface area contributed by atoms with Crippen LogP contribution < -0.4 is 0 Å². The number of rotatable bonds is 0. The van der Waals surface area contributed by atoms with E-state index in [2.05, 4.69) is 0 Å². The lowest BCUT2D eigenvalue weighted by atomic mass is 9.95. The Morgan fingerprint density at radius 3 is 1.64 bits per heavy atom. The Labute approximate surface area is 67.7 Å². The molecule has 0 heterocycles. The van der Waals surface area contributed by atoms with E-state index in [0.717, 1.165) is 19.3 Å². The molecule has 0 spiro atoms. The summed E-state index contributed by atoms with van der Waals surface area (Å²) in [5, 5.41) is 25.4. The van der Waals surface area contributed by atoms with E-state index in [0.29, 0.717) is 12.8 Å². The summed E-state index contributed by atoms with van der Waals surface area (Å²) in [6.07, 6.45) is 4.21. The minimum atomic E-state index is -1.32. The van der Waals surface area contributed by atoms with Gasteiger partial charge < -0.3 is 15.3 Å². The highest BCUT2D eigenvalue weighted by Crippen LogP contribution is 2.24. The zero-order chi connectivity index (χ0) is 8.74. The zero-order valence-electron chi connectivity index (χ0n) is 7.08. The van der Waals surface area contributed by atoms with E-state index in [1.165, 1.54) is 0 Å². The second kappa shape index (κ2) is 5.52. The van der Waals surface area contributed by atoms with Crippen LogP contribution in [0.1, 0.15) is 39.0 Å². The minimum absolute atomic E-state index is 0.250. The SMILES string of the molecule is CCO.OC1(O)CCCCC1. The van der Waals surface area contributed by atoms with Crippen LogP contribution in [-0.2, 0) is 0 Å². The fourth-order valence-corrected chi connectivity index (χ4v) is 1.12. The van der Waals surface area contributed by atoms with Gasteiger partial charge in [-0.1, -0.05) is 6.42 Å². The largest absolute Gasteiger partial charge is 0.397 e. The summed E-state index contributed by atoms with van der Waals surface area (Å²) in [5.74, 6) is -1.32. The van der Waals surface area contributed by atoms with Gasteiger partial charge in [0.25, 0.3) is 0 Å². The van der Waals surface area contributed by atoms with E-state index >= 15 is 0 Å². The average Bonchev–Trinajstić information content (AvgIpc) is 1.88. The van der Waals surface area contributed by atoms with Crippen LogP contribution >= 0.6 is 0 Å². The Morgan fingerprint density at radius 2 is 1.45 bits per heavy atom. The van der Waals surface area contributed by atoms with Gasteiger partial charge in [0.05, 0.1) is 0 Å². The highest BCUT2D eigenvalue weighted by atomic mass is 16.5. The normalized spacial score (nSPS) is 21.8. The quantitative estimate of drug-likeness (QED) is 0.458. The first-order valence-electron chi connectivity index (χ1n) is 4.18. The van der Waals surface area contributed by atoms with E-state index in [1.807, 2.05) is 0 Å². The van der Waals surface area contributed by atoms with Gasteiger partial charge in [-0.25, -0.2) is 0 Å². The van der Waals surface area contributed by atoms with Crippen molar-refractivity contribution in [2.75, 3.05) is 6.61 Å². The molecule has 3 N–H and O–H groups in total. The molecule has 0 saturated heterocycles. The molecule has 68 valence electrons. The Morgan fingerprint density at radius 1 is 1.09 bits per heavy atom. The van der Waals surface area contributed by atoms with Crippen molar-refractivity contribution in [3.8, 4) is 0 Å². The van der Waals surface area contributed by atoms with Crippen molar-refractivity contribution in [3.05, 3.63) is 0 Å². The van der Waals surface area contributed by atoms with Gasteiger partial charge in [0.1, 0.15) is 0 Å². The number of hydrogen-bond donors (Lipinski definition) is 3. The third-order valence-electron chi connectivity index (χ3n) is 1.65. The summed E-state index contributed by atoms with van der Waals surface area (Å²) in [6, 6.07) is 0. The molecule has 0 amide bonds. The molecule has 1 rings (SSSR count). The maximum atomic E-state index is 8.93. The molecule has 0 aromatic heterocycles. The van der Waals surface area contributed by atoms with Crippen LogP contribution in [0, 0.1) is 0 Å². The molecule has 1 saturated carbocycles. The van der Waals surface area contributed by atoms with Crippen LogP contribution in [0.15, 0.2) is 0 Å². The first-order valence-corrected chi connectivity index (χ1v) is 4.18. The van der Waals surface area contributed by atoms with E-state index in [-0.39, 0.29) is 6.61 Å². The second-order valence-electron chi connectivity index (χ2n) is 2.86. The lowest BCUT2D eigenvalue weighted by Crippen LogP contribution is -2.30. The summed E-state index contributed by atoms with van der Waals surface area (Å²) in [4.78, 5) is 0. The third-order valence-corrected chi connectivity index (χ3v) is 1.65. The molecule has 3 nitrogen and oxygen atoms in total. The highest BCUT2D eigenvalue weighted by Gasteiger charge is 2.24. The van der Waals surface area contributed by atoms with Crippen LogP contribution in [-0.4, -0.2) is 27.7 Å². The Hall–Kier alpha value is -0.120. The predicted molar refractivity (Wildman–Crippen MR) is 43.0 cm³/mol. The molecule has 0 unspecified atom stereocenters. The van der Waals surface area contributed by atoms with Gasteiger partial charge >= 0.3 is 0 Å². The van der Waals surface area contributed by atoms with Crippen LogP contribution in [0.5, 0.6) is 0 Å². The maximum absolute atomic E-state index is 8.93. The average molecular weight is 162 g/mol. The number of aliphatic hydroxyl groups excluding tert-OH is 1. The Bertz CT molecular complexity index is 83.3. The first kappa shape index (κ1) is 10.9. The molecule has 3 heteroatoms. The molecule has 0 aromatic rings. The van der Waals surface area contributed by atoms with Crippen molar-refractivity contribution in [1.82, 2.24) is 0 Å². The van der Waals surface area contributed by atoms with Crippen molar-refractivity contribution in [3.63, 3.8) is 0 Å². The molecule has 0 atom stereocenters. The maximum Gasteiger partial charge on any atom is 0.162 e. The number of hydrogen-bond acceptors (Lipinski definition) is 3. The zero-order valence-corrected chi connectivity index (χ0v) is 7.08. The van der Waals surface area contributed by atoms with Crippen molar-refractivity contribution in [1.29, 1.82) is 0 Å². The molecule has 0 radical (unpaired) electrons. The molecule has 0 aromatic carbocycles. The van der Waals surface area contributed by atoms with Gasteiger partial charge in [-0.05, 0) is 19.8 Å². The molecular formula is C8H18O3. The fraction of sp³-hybridized carbons (Fsp3) is 1.00. The van der Waals surface area contributed by atoms with Crippen LogP contribution in [0.25, 0.3) is 0 Å². The van der Waals surface area contributed by atoms with Crippen molar-refractivity contribution in [2.24, 2.45) is 0 Å². The van der Waals surface area contributed by atoms with Crippen LogP contribution in [0.4, 0.5) is 0 Å². The lowest BCUT2D eigenvalue weighted by Gasteiger charge is -2.25. The Balaban J connectivity index is 0.000000292. The van der Waals surface area contributed by atoms with Crippen LogP contribution in [0.3, 0.4) is 0 Å². The van der Waals surface area contributed by atoms with Gasteiger partial charge in [-0.2, -0.15) is 0 Å². The van der Waals surface area contributed by atoms with E-state index < -0.39 is 5.79 Å². The van der Waals surface area contributed by atoms with E-state index in [9.17, 15) is 0 Å². The molecule has 1 aliphatic carbocycles. The van der Waals surface area contributed by atoms with Crippen molar-refractivity contribution >= 4 is 0 Å². The van der Waals surface area contributed by atoms with Gasteiger partial charge in [0.15, 0.2) is 5.79 Å². The lowest BCUT2D eigenvalue weighted by molar-refractivity contribution is -0.180. The monoisotopic (exact) mass is 162 g/mol. The summed E-state index contributed by atoms with van der Waals surface area (Å²) < 4.78 is 0. The van der Waals surface area contributed by atoms with E-state index in [1.54, 1.807) is 6.92 Å². The second-order valence-corrected chi connectivity index (χ2v) is 2.86. The van der Waals surface area contributed by atoms with Gasteiger partial charge in [0, 0.05) is 19.4 Å². The summed E-state index contributed by atoms with van der Waals surface area (Å²) in [5.41, 5.74) is 0. The molecular weight excluding hydrogens is 144 g/mol. The van der Waals surface area contributed by atoms with Crippen molar-refractivity contribution < 1.29 is 15.3 Å². The predicted octanol–water partition coefficient (Wildman–Crippen LogP) is 0.630. The fourth-order valence-electron chi connectivity index (χ4n) is 1.12. The van der Waals surface area contributed by atoms with E-state index in [4.69, 9.17) is 15.3 Å². The Kier molecular flexibility index (Phi) is 5.46. The first-order chi connectivity index (χ1) is 5.12. The smallest absolute Gasteiger partial charge is 0.162 e. The minimum Gasteiger partial charge on any atom is -0.397 e. The summed E-state index contributed by atoms with van der Waals surface area (Å²) in [7, 11) is 0. The summed E-state index contributed by atoms with van der Waals surface area (Å²) >= 11 is 0. The molecule has 11 heavy (non-hydrogen) atoms. The molecule has 0 aliphatic heterocycles. The van der Waals surface area contributed by atoms with Gasteiger partial charge in [-0.15, -0.1) is 0 Å². The topological polar surface area (TPSA) is 60.7 Å². The molecule has 0 bridgehead atoms. The molecule has 1 fully saturated rings. The number of aliphatic hydroxyl groups is 3. The molecule has 1 aliphatic rings. The summed E-state index contributed by atoms with van der Waals surface area (Å²) in [6.45, 7) is 1.93.